The summed E-state index contributed by atoms with van der Waals surface area (Å²) in [4.78, 5) is 23.5. The zero-order valence-electron chi connectivity index (χ0n) is 9.45. The quantitative estimate of drug-likeness (QED) is 0.860. The van der Waals surface area contributed by atoms with Gasteiger partial charge in [-0.2, -0.15) is 0 Å². The van der Waals surface area contributed by atoms with Gasteiger partial charge >= 0.3 is 5.97 Å². The number of aromatic nitrogens is 3. The third-order valence-electron chi connectivity index (χ3n) is 2.12. The second-order valence-corrected chi connectivity index (χ2v) is 4.81. The minimum Gasteiger partial charge on any atom is -0.478 e. The van der Waals surface area contributed by atoms with Gasteiger partial charge in [0.15, 0.2) is 0 Å². The maximum Gasteiger partial charge on any atom is 0.338 e. The molecule has 7 nitrogen and oxygen atoms in total. The maximum atomic E-state index is 11.7. The summed E-state index contributed by atoms with van der Waals surface area (Å²) in [6.45, 7) is 1.78. The van der Waals surface area contributed by atoms with E-state index in [0.717, 1.165) is 4.88 Å². The molecular weight excluding hydrogens is 256 g/mol. The smallest absolute Gasteiger partial charge is 0.338 e. The van der Waals surface area contributed by atoms with Crippen LogP contribution >= 0.6 is 11.3 Å². The van der Waals surface area contributed by atoms with Gasteiger partial charge in [0, 0.05) is 11.1 Å². The Bertz CT molecular complexity index is 576. The second kappa shape index (κ2) is 4.96. The first-order chi connectivity index (χ1) is 8.56. The number of nitrogens with one attached hydrogen (secondary N) is 1. The lowest BCUT2D eigenvalue weighted by Crippen LogP contribution is -2.19. The highest BCUT2D eigenvalue weighted by molar-refractivity contribution is 7.16. The van der Waals surface area contributed by atoms with E-state index in [1.807, 2.05) is 0 Å². The fourth-order valence-corrected chi connectivity index (χ4v) is 2.32. The average Bonchev–Trinajstić information content (AvgIpc) is 2.88. The van der Waals surface area contributed by atoms with Gasteiger partial charge in [0.25, 0.3) is 0 Å². The number of aromatic carboxylic acids is 1. The highest BCUT2D eigenvalue weighted by Gasteiger charge is 2.16. The number of carbonyl (C=O) groups is 2. The van der Waals surface area contributed by atoms with Gasteiger partial charge < -0.3 is 10.4 Å². The van der Waals surface area contributed by atoms with Crippen LogP contribution < -0.4 is 5.32 Å². The predicted molar refractivity (Wildman–Crippen MR) is 64.7 cm³/mol. The number of carbonyl (C=O) groups excluding carboxylic acids is 1. The molecule has 1 amide bonds. The van der Waals surface area contributed by atoms with Crippen molar-refractivity contribution in [2.75, 3.05) is 5.32 Å². The molecule has 0 unspecified atom stereocenters. The number of hydrogen-bond donors (Lipinski definition) is 2. The molecule has 2 heterocycles. The predicted octanol–water partition coefficient (Wildman–Crippen LogP) is 0.985. The molecule has 0 atom stereocenters. The Morgan fingerprint density at radius 1 is 1.56 bits per heavy atom. The van der Waals surface area contributed by atoms with E-state index in [9.17, 15) is 9.59 Å². The number of anilines is 1. The number of carboxylic acid groups (broad SMARTS) is 1. The average molecular weight is 266 g/mol. The molecule has 0 aromatic carbocycles. The van der Waals surface area contributed by atoms with Crippen molar-refractivity contribution in [1.29, 1.82) is 0 Å². The van der Waals surface area contributed by atoms with Crippen molar-refractivity contribution < 1.29 is 14.7 Å². The molecule has 18 heavy (non-hydrogen) atoms. The summed E-state index contributed by atoms with van der Waals surface area (Å²) in [6, 6.07) is 1.53. The van der Waals surface area contributed by atoms with E-state index in [-0.39, 0.29) is 18.0 Å². The molecule has 8 heteroatoms. The molecule has 2 rings (SSSR count). The molecule has 0 aliphatic carbocycles. The van der Waals surface area contributed by atoms with Crippen LogP contribution in [0.4, 0.5) is 5.00 Å². The van der Waals surface area contributed by atoms with Crippen LogP contribution in [0.3, 0.4) is 0 Å². The van der Waals surface area contributed by atoms with Gasteiger partial charge in [0.2, 0.25) is 5.91 Å². The van der Waals surface area contributed by atoms with Crippen molar-refractivity contribution in [3.8, 4) is 0 Å². The Morgan fingerprint density at radius 2 is 2.33 bits per heavy atom. The van der Waals surface area contributed by atoms with Gasteiger partial charge in [0.1, 0.15) is 11.5 Å². The van der Waals surface area contributed by atoms with Crippen LogP contribution in [-0.4, -0.2) is 32.0 Å². The minimum absolute atomic E-state index is 0.00396. The standard InChI is InChI=1S/C10H10N4O3S/c1-6-4-7(10(16)17)9(18-6)12-8(15)5-14-3-2-11-13-14/h2-4H,5H2,1H3,(H,12,15)(H,16,17). The summed E-state index contributed by atoms with van der Waals surface area (Å²) in [5.41, 5.74) is 0.101. The fraction of sp³-hybridized carbons (Fsp3) is 0.200. The lowest BCUT2D eigenvalue weighted by molar-refractivity contribution is -0.116. The van der Waals surface area contributed by atoms with Gasteiger partial charge in [-0.15, -0.1) is 16.4 Å². The van der Waals surface area contributed by atoms with E-state index in [2.05, 4.69) is 15.6 Å². The Balaban J connectivity index is 2.09. The molecule has 2 aromatic heterocycles. The molecule has 94 valence electrons. The summed E-state index contributed by atoms with van der Waals surface area (Å²) in [6.07, 6.45) is 3.02. The minimum atomic E-state index is -1.06. The summed E-state index contributed by atoms with van der Waals surface area (Å²) in [5, 5.41) is 19.1. The molecule has 0 aliphatic rings. The lowest BCUT2D eigenvalue weighted by Gasteiger charge is -2.03. The Morgan fingerprint density at radius 3 is 2.94 bits per heavy atom. The summed E-state index contributed by atoms with van der Waals surface area (Å²) in [5.74, 6) is -1.40. The highest BCUT2D eigenvalue weighted by Crippen LogP contribution is 2.27. The number of hydrogen-bond acceptors (Lipinski definition) is 5. The summed E-state index contributed by atoms with van der Waals surface area (Å²) < 4.78 is 1.36. The Labute approximate surface area is 106 Å². The molecule has 0 aliphatic heterocycles. The summed E-state index contributed by atoms with van der Waals surface area (Å²) >= 11 is 1.23. The third kappa shape index (κ3) is 2.72. The molecule has 0 bridgehead atoms. The van der Waals surface area contributed by atoms with Gasteiger partial charge in [-0.25, -0.2) is 9.48 Å². The maximum absolute atomic E-state index is 11.7. The van der Waals surface area contributed by atoms with Crippen LogP contribution in [0.2, 0.25) is 0 Å². The first-order valence-corrected chi connectivity index (χ1v) is 5.85. The Kier molecular flexibility index (Phi) is 3.38. The Hall–Kier alpha value is -2.22. The highest BCUT2D eigenvalue weighted by atomic mass is 32.1. The first-order valence-electron chi connectivity index (χ1n) is 5.04. The number of rotatable bonds is 4. The van der Waals surface area contributed by atoms with Crippen LogP contribution in [0.1, 0.15) is 15.2 Å². The molecule has 0 spiro atoms. The van der Waals surface area contributed by atoms with Crippen molar-refractivity contribution in [1.82, 2.24) is 15.0 Å². The van der Waals surface area contributed by atoms with Crippen molar-refractivity contribution in [3.63, 3.8) is 0 Å². The van der Waals surface area contributed by atoms with Crippen LogP contribution in [0.15, 0.2) is 18.5 Å². The molecule has 0 radical (unpaired) electrons. The van der Waals surface area contributed by atoms with Gasteiger partial charge in [-0.05, 0) is 13.0 Å². The molecule has 2 N–H and O–H groups in total. The first kappa shape index (κ1) is 12.2. The topological polar surface area (TPSA) is 97.1 Å². The van der Waals surface area contributed by atoms with E-state index < -0.39 is 5.97 Å². The SMILES string of the molecule is Cc1cc(C(=O)O)c(NC(=O)Cn2ccnn2)s1. The van der Waals surface area contributed by atoms with Gasteiger partial charge in [-0.1, -0.05) is 5.21 Å². The molecule has 2 aromatic rings. The molecular formula is C10H10N4O3S. The zero-order valence-corrected chi connectivity index (χ0v) is 10.3. The normalized spacial score (nSPS) is 10.3. The van der Waals surface area contributed by atoms with Crippen LogP contribution in [0.5, 0.6) is 0 Å². The molecule has 0 saturated carbocycles. The van der Waals surface area contributed by atoms with Crippen molar-refractivity contribution in [2.45, 2.75) is 13.5 Å². The largest absolute Gasteiger partial charge is 0.478 e. The third-order valence-corrected chi connectivity index (χ3v) is 3.08. The van der Waals surface area contributed by atoms with E-state index in [1.54, 1.807) is 13.1 Å². The van der Waals surface area contributed by atoms with E-state index in [4.69, 9.17) is 5.11 Å². The van der Waals surface area contributed by atoms with Crippen molar-refractivity contribution in [2.24, 2.45) is 0 Å². The van der Waals surface area contributed by atoms with Gasteiger partial charge in [-0.3, -0.25) is 4.79 Å². The fourth-order valence-electron chi connectivity index (χ4n) is 1.40. The monoisotopic (exact) mass is 266 g/mol. The van der Waals surface area contributed by atoms with E-state index in [0.29, 0.717) is 5.00 Å². The van der Waals surface area contributed by atoms with Crippen molar-refractivity contribution >= 4 is 28.2 Å². The lowest BCUT2D eigenvalue weighted by atomic mass is 10.3. The van der Waals surface area contributed by atoms with E-state index in [1.165, 1.54) is 28.3 Å². The van der Waals surface area contributed by atoms with Crippen LogP contribution in [-0.2, 0) is 11.3 Å². The number of nitrogens with zero attached hydrogens (tertiary/aromatic N) is 3. The van der Waals surface area contributed by atoms with E-state index >= 15 is 0 Å². The molecule has 0 saturated heterocycles. The number of aryl methyl sites for hydroxylation is 1. The number of carboxylic acids is 1. The van der Waals surface area contributed by atoms with Crippen LogP contribution in [0.25, 0.3) is 0 Å². The number of amides is 1. The number of thiophene rings is 1. The zero-order chi connectivity index (χ0) is 13.1. The van der Waals surface area contributed by atoms with Crippen molar-refractivity contribution in [3.05, 3.63) is 28.9 Å². The van der Waals surface area contributed by atoms with Gasteiger partial charge in [0.05, 0.1) is 11.8 Å². The summed E-state index contributed by atoms with van der Waals surface area (Å²) in [7, 11) is 0. The second-order valence-electron chi connectivity index (χ2n) is 3.55. The van der Waals surface area contributed by atoms with Crippen LogP contribution in [0, 0.1) is 6.92 Å². The molecule has 0 fully saturated rings.